The van der Waals surface area contributed by atoms with Gasteiger partial charge in [0.2, 0.25) is 0 Å². The molecule has 234 valence electrons. The topological polar surface area (TPSA) is 25.8 Å². The number of aromatic nitrogens is 2. The van der Waals surface area contributed by atoms with Crippen molar-refractivity contribution in [3.63, 3.8) is 0 Å². The Morgan fingerprint density at radius 2 is 0.820 bits per heavy atom. The number of hydrogen-bond donors (Lipinski definition) is 0. The summed E-state index contributed by atoms with van der Waals surface area (Å²) in [7, 11) is 0. The maximum atomic E-state index is 5.05. The van der Waals surface area contributed by atoms with Gasteiger partial charge in [-0.3, -0.25) is 0 Å². The Hall–Kier alpha value is -6.03. The van der Waals surface area contributed by atoms with Crippen LogP contribution in [0.4, 0.5) is 0 Å². The molecule has 0 unspecified atom stereocenters. The van der Waals surface area contributed by atoms with Gasteiger partial charge in [-0.25, -0.2) is 9.97 Å². The molecule has 0 saturated heterocycles. The van der Waals surface area contributed by atoms with E-state index in [0.29, 0.717) is 5.82 Å². The number of rotatable bonds is 4. The van der Waals surface area contributed by atoms with Crippen molar-refractivity contribution in [2.24, 2.45) is 0 Å². The number of fused-ring (bicyclic) bond motifs is 9. The van der Waals surface area contributed by atoms with Gasteiger partial charge in [0.15, 0.2) is 5.82 Å². The molecule has 3 heteroatoms. The van der Waals surface area contributed by atoms with Gasteiger partial charge in [-0.05, 0) is 68.8 Å². The van der Waals surface area contributed by atoms with E-state index in [1.54, 1.807) is 0 Å². The van der Waals surface area contributed by atoms with E-state index in [-0.39, 0.29) is 5.41 Å². The SMILES string of the molecule is c1ccc(-c2cc(-c3ccccc3)nc(-c3ccc(-c4ccc5c(c4)-c4ccccc4C54c5ccccc5Sc5ccccc54)cc3)n2)cc1. The first-order valence-corrected chi connectivity index (χ1v) is 17.8. The fourth-order valence-corrected chi connectivity index (χ4v) is 9.13. The summed E-state index contributed by atoms with van der Waals surface area (Å²) in [6.07, 6.45) is 0. The lowest BCUT2D eigenvalue weighted by Crippen LogP contribution is -2.31. The van der Waals surface area contributed by atoms with E-state index in [9.17, 15) is 0 Å². The van der Waals surface area contributed by atoms with Crippen molar-refractivity contribution >= 4 is 11.8 Å². The van der Waals surface area contributed by atoms with Crippen LogP contribution in [0.5, 0.6) is 0 Å². The van der Waals surface area contributed by atoms with Crippen LogP contribution in [0.2, 0.25) is 0 Å². The maximum absolute atomic E-state index is 5.05. The van der Waals surface area contributed by atoms with E-state index in [1.165, 1.54) is 48.7 Å². The molecule has 1 spiro atoms. The monoisotopic (exact) mass is 654 g/mol. The lowest BCUT2D eigenvalue weighted by atomic mass is 9.67. The van der Waals surface area contributed by atoms with Crippen LogP contribution >= 0.6 is 11.8 Å². The fourth-order valence-electron chi connectivity index (χ4n) is 7.94. The molecular weight excluding hydrogens is 625 g/mol. The van der Waals surface area contributed by atoms with Gasteiger partial charge in [0.25, 0.3) is 0 Å². The highest BCUT2D eigenvalue weighted by molar-refractivity contribution is 7.99. The Balaban J connectivity index is 1.09. The molecule has 0 N–H and O–H groups in total. The van der Waals surface area contributed by atoms with Crippen LogP contribution < -0.4 is 0 Å². The second kappa shape index (κ2) is 11.5. The Morgan fingerprint density at radius 3 is 1.44 bits per heavy atom. The smallest absolute Gasteiger partial charge is 0.160 e. The standard InChI is InChI=1S/C47H30N2S/c1-3-13-32(14-4-1)42-30-43(33-15-5-2-6-16-33)49-46(48-42)34-25-23-31(24-26-34)35-27-28-39-37(29-35)36-17-7-8-18-38(36)47(39)40-19-9-11-21-44(40)50-45-22-12-10-20-41(45)47/h1-30H. The molecule has 1 aromatic heterocycles. The molecule has 50 heavy (non-hydrogen) atoms. The van der Waals surface area contributed by atoms with Crippen LogP contribution in [0.1, 0.15) is 22.3 Å². The summed E-state index contributed by atoms with van der Waals surface area (Å²) in [5.41, 5.74) is 15.0. The summed E-state index contributed by atoms with van der Waals surface area (Å²) in [6, 6.07) is 65.4. The molecule has 2 heterocycles. The lowest BCUT2D eigenvalue weighted by Gasteiger charge is -2.39. The average molecular weight is 655 g/mol. The summed E-state index contributed by atoms with van der Waals surface area (Å²) in [6.45, 7) is 0. The molecule has 0 fully saturated rings. The molecule has 0 bridgehead atoms. The first kappa shape index (κ1) is 28.9. The largest absolute Gasteiger partial charge is 0.228 e. The molecule has 1 aliphatic heterocycles. The summed E-state index contributed by atoms with van der Waals surface area (Å²) in [4.78, 5) is 12.7. The molecule has 0 saturated carbocycles. The molecular formula is C47H30N2S. The highest BCUT2D eigenvalue weighted by Gasteiger charge is 2.50. The van der Waals surface area contributed by atoms with Crippen LogP contribution in [0, 0.1) is 0 Å². The first-order valence-electron chi connectivity index (χ1n) is 17.0. The van der Waals surface area contributed by atoms with Crippen molar-refractivity contribution < 1.29 is 0 Å². The molecule has 10 rings (SSSR count). The van der Waals surface area contributed by atoms with Crippen LogP contribution in [0.25, 0.3) is 56.2 Å². The molecule has 0 amide bonds. The average Bonchev–Trinajstić information content (AvgIpc) is 3.48. The second-order valence-electron chi connectivity index (χ2n) is 12.9. The Morgan fingerprint density at radius 1 is 0.340 bits per heavy atom. The number of nitrogens with zero attached hydrogens (tertiary/aromatic N) is 2. The van der Waals surface area contributed by atoms with Gasteiger partial charge in [0.1, 0.15) is 0 Å². The van der Waals surface area contributed by atoms with Gasteiger partial charge in [-0.2, -0.15) is 0 Å². The van der Waals surface area contributed by atoms with Crippen molar-refractivity contribution in [3.05, 3.63) is 204 Å². The Kier molecular flexibility index (Phi) is 6.68. The molecule has 0 atom stereocenters. The van der Waals surface area contributed by atoms with E-state index in [2.05, 4.69) is 170 Å². The second-order valence-corrected chi connectivity index (χ2v) is 14.0. The van der Waals surface area contributed by atoms with Crippen LogP contribution in [-0.4, -0.2) is 9.97 Å². The van der Waals surface area contributed by atoms with Gasteiger partial charge in [0, 0.05) is 26.5 Å². The lowest BCUT2D eigenvalue weighted by molar-refractivity contribution is 0.722. The van der Waals surface area contributed by atoms with Crippen LogP contribution in [0.3, 0.4) is 0 Å². The molecule has 7 aromatic carbocycles. The highest BCUT2D eigenvalue weighted by atomic mass is 32.2. The first-order chi connectivity index (χ1) is 24.8. The Bertz CT molecular complexity index is 2450. The third-order valence-electron chi connectivity index (χ3n) is 10.2. The van der Waals surface area contributed by atoms with Gasteiger partial charge in [0.05, 0.1) is 16.8 Å². The van der Waals surface area contributed by atoms with Crippen molar-refractivity contribution in [2.75, 3.05) is 0 Å². The third kappa shape index (κ3) is 4.44. The van der Waals surface area contributed by atoms with E-state index >= 15 is 0 Å². The molecule has 8 aromatic rings. The predicted octanol–water partition coefficient (Wildman–Crippen LogP) is 12.0. The van der Waals surface area contributed by atoms with Crippen molar-refractivity contribution in [1.29, 1.82) is 0 Å². The minimum atomic E-state index is -0.357. The zero-order chi connectivity index (χ0) is 33.1. The minimum Gasteiger partial charge on any atom is -0.228 e. The van der Waals surface area contributed by atoms with Gasteiger partial charge >= 0.3 is 0 Å². The normalized spacial score (nSPS) is 13.3. The van der Waals surface area contributed by atoms with Crippen LogP contribution in [0.15, 0.2) is 192 Å². The fraction of sp³-hybridized carbons (Fsp3) is 0.0213. The number of benzene rings is 7. The van der Waals surface area contributed by atoms with Crippen molar-refractivity contribution in [1.82, 2.24) is 9.97 Å². The quantitative estimate of drug-likeness (QED) is 0.189. The maximum Gasteiger partial charge on any atom is 0.160 e. The molecule has 1 aliphatic carbocycles. The van der Waals surface area contributed by atoms with Gasteiger partial charge in [-0.1, -0.05) is 169 Å². The number of hydrogen-bond acceptors (Lipinski definition) is 3. The molecule has 2 aliphatic rings. The zero-order valence-corrected chi connectivity index (χ0v) is 27.9. The zero-order valence-electron chi connectivity index (χ0n) is 27.1. The summed E-state index contributed by atoms with van der Waals surface area (Å²) >= 11 is 1.88. The summed E-state index contributed by atoms with van der Waals surface area (Å²) in [5, 5.41) is 0. The Labute approximate surface area is 296 Å². The molecule has 0 radical (unpaired) electrons. The van der Waals surface area contributed by atoms with E-state index in [1.807, 2.05) is 23.9 Å². The van der Waals surface area contributed by atoms with Crippen molar-refractivity contribution in [3.8, 4) is 56.2 Å². The van der Waals surface area contributed by atoms with Gasteiger partial charge < -0.3 is 0 Å². The van der Waals surface area contributed by atoms with E-state index in [0.717, 1.165) is 33.6 Å². The van der Waals surface area contributed by atoms with Crippen LogP contribution in [-0.2, 0) is 5.41 Å². The highest BCUT2D eigenvalue weighted by Crippen LogP contribution is 2.62. The van der Waals surface area contributed by atoms with E-state index < -0.39 is 0 Å². The third-order valence-corrected chi connectivity index (χ3v) is 11.3. The summed E-state index contributed by atoms with van der Waals surface area (Å²) in [5.74, 6) is 0.717. The predicted molar refractivity (Wildman–Crippen MR) is 205 cm³/mol. The van der Waals surface area contributed by atoms with Crippen molar-refractivity contribution in [2.45, 2.75) is 15.2 Å². The molecule has 2 nitrogen and oxygen atoms in total. The van der Waals surface area contributed by atoms with Gasteiger partial charge in [-0.15, -0.1) is 0 Å². The van der Waals surface area contributed by atoms with E-state index in [4.69, 9.17) is 9.97 Å². The summed E-state index contributed by atoms with van der Waals surface area (Å²) < 4.78 is 0. The minimum absolute atomic E-state index is 0.357.